The second kappa shape index (κ2) is 7.46. The van der Waals surface area contributed by atoms with Gasteiger partial charge in [-0.25, -0.2) is 17.9 Å². The Morgan fingerprint density at radius 1 is 1.39 bits per heavy atom. The van der Waals surface area contributed by atoms with Gasteiger partial charge in [0.2, 0.25) is 10.0 Å². The lowest BCUT2D eigenvalue weighted by Gasteiger charge is -2.30. The highest BCUT2D eigenvalue weighted by atomic mass is 32.2. The molecule has 0 unspecified atom stereocenters. The quantitative estimate of drug-likeness (QED) is 0.724. The van der Waals surface area contributed by atoms with Crippen molar-refractivity contribution < 1.29 is 18.3 Å². The number of piperidine rings is 1. The molecule has 8 heteroatoms. The number of nitrogens with zero attached hydrogens (tertiary/aromatic N) is 2. The maximum Gasteiger partial charge on any atom is 0.352 e. The van der Waals surface area contributed by atoms with Gasteiger partial charge in [-0.15, -0.1) is 0 Å². The van der Waals surface area contributed by atoms with Crippen molar-refractivity contribution in [3.63, 3.8) is 0 Å². The molecule has 130 valence electrons. The van der Waals surface area contributed by atoms with Crippen molar-refractivity contribution in [3.05, 3.63) is 18.0 Å². The lowest BCUT2D eigenvalue weighted by molar-refractivity contribution is 0.0686. The molecule has 1 aliphatic heterocycles. The fraction of sp³-hybridized carbons (Fsp3) is 0.667. The molecule has 0 aromatic carbocycles. The molecule has 0 atom stereocenters. The van der Waals surface area contributed by atoms with E-state index in [1.807, 2.05) is 0 Å². The maximum atomic E-state index is 12.2. The van der Waals surface area contributed by atoms with Crippen LogP contribution in [-0.2, 0) is 17.1 Å². The van der Waals surface area contributed by atoms with Crippen molar-refractivity contribution in [2.24, 2.45) is 13.0 Å². The van der Waals surface area contributed by atoms with Crippen LogP contribution in [0, 0.1) is 5.92 Å². The second-order valence-electron chi connectivity index (χ2n) is 6.25. The molecular formula is C15H25N3O4S. The first-order valence-corrected chi connectivity index (χ1v) is 9.39. The van der Waals surface area contributed by atoms with E-state index in [2.05, 4.69) is 16.5 Å². The Bertz CT molecular complexity index is 646. The molecule has 2 rings (SSSR count). The van der Waals surface area contributed by atoms with Gasteiger partial charge in [-0.05, 0) is 50.9 Å². The summed E-state index contributed by atoms with van der Waals surface area (Å²) in [6.45, 7) is 5.65. The minimum absolute atomic E-state index is 0.0100. The molecule has 1 saturated heterocycles. The molecular weight excluding hydrogens is 318 g/mol. The monoisotopic (exact) mass is 343 g/mol. The Hall–Kier alpha value is -1.38. The first kappa shape index (κ1) is 18.0. The van der Waals surface area contributed by atoms with E-state index in [9.17, 15) is 13.2 Å². The SMILES string of the molecule is CC1CCN(CCCNS(=O)(=O)c2cc(C(=O)O)n(C)c2)CC1. The minimum Gasteiger partial charge on any atom is -0.477 e. The summed E-state index contributed by atoms with van der Waals surface area (Å²) < 4.78 is 28.2. The van der Waals surface area contributed by atoms with E-state index in [1.165, 1.54) is 36.7 Å². The fourth-order valence-electron chi connectivity index (χ4n) is 2.77. The van der Waals surface area contributed by atoms with E-state index >= 15 is 0 Å². The molecule has 0 amide bonds. The van der Waals surface area contributed by atoms with Crippen LogP contribution < -0.4 is 4.72 Å². The van der Waals surface area contributed by atoms with Crippen molar-refractivity contribution >= 4 is 16.0 Å². The number of carbonyl (C=O) groups is 1. The number of nitrogens with one attached hydrogen (secondary N) is 1. The first-order chi connectivity index (χ1) is 10.8. The second-order valence-corrected chi connectivity index (χ2v) is 8.02. The molecule has 23 heavy (non-hydrogen) atoms. The molecule has 1 aliphatic rings. The number of carboxylic acids is 1. The highest BCUT2D eigenvalue weighted by Crippen LogP contribution is 2.16. The Morgan fingerprint density at radius 3 is 2.61 bits per heavy atom. The highest BCUT2D eigenvalue weighted by molar-refractivity contribution is 7.89. The average Bonchev–Trinajstić information content (AvgIpc) is 2.88. The van der Waals surface area contributed by atoms with Gasteiger partial charge in [0.1, 0.15) is 10.6 Å². The van der Waals surface area contributed by atoms with Crippen LogP contribution in [0.15, 0.2) is 17.2 Å². The third-order valence-corrected chi connectivity index (χ3v) is 5.76. The molecule has 0 radical (unpaired) electrons. The minimum atomic E-state index is -3.66. The molecule has 0 saturated carbocycles. The van der Waals surface area contributed by atoms with Crippen LogP contribution in [0.25, 0.3) is 0 Å². The van der Waals surface area contributed by atoms with Gasteiger partial charge in [0.25, 0.3) is 0 Å². The van der Waals surface area contributed by atoms with Crippen molar-refractivity contribution in [1.29, 1.82) is 0 Å². The number of aryl methyl sites for hydroxylation is 1. The van der Waals surface area contributed by atoms with Gasteiger partial charge >= 0.3 is 5.97 Å². The van der Waals surface area contributed by atoms with Crippen LogP contribution in [0.5, 0.6) is 0 Å². The van der Waals surface area contributed by atoms with Crippen molar-refractivity contribution in [2.45, 2.75) is 31.1 Å². The third-order valence-electron chi connectivity index (χ3n) is 4.33. The zero-order chi connectivity index (χ0) is 17.0. The summed E-state index contributed by atoms with van der Waals surface area (Å²) in [5.41, 5.74) is -0.0483. The standard InChI is InChI=1S/C15H25N3O4S/c1-12-4-8-18(9-5-12)7-3-6-16-23(21,22)13-10-14(15(19)20)17(2)11-13/h10-12,16H,3-9H2,1-2H3,(H,19,20). The van der Waals surface area contributed by atoms with E-state index in [4.69, 9.17) is 5.11 Å². The van der Waals surface area contributed by atoms with E-state index in [1.54, 1.807) is 0 Å². The summed E-state index contributed by atoms with van der Waals surface area (Å²) in [6.07, 6.45) is 4.46. The van der Waals surface area contributed by atoms with Crippen molar-refractivity contribution in [3.8, 4) is 0 Å². The number of rotatable bonds is 7. The Balaban J connectivity index is 1.82. The number of aromatic carboxylic acids is 1. The number of hydrogen-bond acceptors (Lipinski definition) is 4. The molecule has 1 aromatic rings. The van der Waals surface area contributed by atoms with Gasteiger partial charge < -0.3 is 14.6 Å². The Labute approximate surface area is 137 Å². The summed E-state index contributed by atoms with van der Waals surface area (Å²) in [7, 11) is -2.15. The third kappa shape index (κ3) is 4.79. The van der Waals surface area contributed by atoms with Crippen molar-refractivity contribution in [1.82, 2.24) is 14.2 Å². The number of hydrogen-bond donors (Lipinski definition) is 2. The van der Waals surface area contributed by atoms with Gasteiger partial charge in [0.15, 0.2) is 0 Å². The lowest BCUT2D eigenvalue weighted by Crippen LogP contribution is -2.35. The van der Waals surface area contributed by atoms with Gasteiger partial charge in [-0.1, -0.05) is 6.92 Å². The van der Waals surface area contributed by atoms with Gasteiger partial charge in [0, 0.05) is 19.8 Å². The van der Waals surface area contributed by atoms with Gasteiger partial charge in [-0.2, -0.15) is 0 Å². The van der Waals surface area contributed by atoms with Crippen LogP contribution in [0.4, 0.5) is 0 Å². The van der Waals surface area contributed by atoms with E-state index < -0.39 is 16.0 Å². The van der Waals surface area contributed by atoms with E-state index in [0.717, 1.165) is 32.0 Å². The number of aromatic nitrogens is 1. The zero-order valence-electron chi connectivity index (χ0n) is 13.7. The summed E-state index contributed by atoms with van der Waals surface area (Å²) in [6, 6.07) is 1.18. The fourth-order valence-corrected chi connectivity index (χ4v) is 3.92. The van der Waals surface area contributed by atoms with Crippen molar-refractivity contribution in [2.75, 3.05) is 26.2 Å². The molecule has 0 bridgehead atoms. The van der Waals surface area contributed by atoms with E-state index in [-0.39, 0.29) is 10.6 Å². The molecule has 7 nitrogen and oxygen atoms in total. The molecule has 2 heterocycles. The smallest absolute Gasteiger partial charge is 0.352 e. The first-order valence-electron chi connectivity index (χ1n) is 7.91. The summed E-state index contributed by atoms with van der Waals surface area (Å²) >= 11 is 0. The maximum absolute atomic E-state index is 12.2. The number of carboxylic acid groups (broad SMARTS) is 1. The van der Waals surface area contributed by atoms with Crippen LogP contribution in [0.2, 0.25) is 0 Å². The Kier molecular flexibility index (Phi) is 5.83. The molecule has 1 aromatic heterocycles. The largest absolute Gasteiger partial charge is 0.477 e. The van der Waals surface area contributed by atoms with Gasteiger partial charge in [-0.3, -0.25) is 0 Å². The topological polar surface area (TPSA) is 91.6 Å². The molecule has 2 N–H and O–H groups in total. The van der Waals surface area contributed by atoms with Crippen LogP contribution in [0.1, 0.15) is 36.7 Å². The zero-order valence-corrected chi connectivity index (χ0v) is 14.5. The number of likely N-dealkylation sites (tertiary alicyclic amines) is 1. The summed E-state index contributed by atoms with van der Waals surface area (Å²) in [5, 5.41) is 8.98. The summed E-state index contributed by atoms with van der Waals surface area (Å²) in [5.74, 6) is -0.362. The van der Waals surface area contributed by atoms with Gasteiger partial charge in [0.05, 0.1) is 0 Å². The normalized spacial score (nSPS) is 17.5. The highest BCUT2D eigenvalue weighted by Gasteiger charge is 2.20. The number of sulfonamides is 1. The van der Waals surface area contributed by atoms with Crippen LogP contribution >= 0.6 is 0 Å². The predicted octanol–water partition coefficient (Wildman–Crippen LogP) is 1.12. The average molecular weight is 343 g/mol. The summed E-state index contributed by atoms with van der Waals surface area (Å²) in [4.78, 5) is 13.3. The Morgan fingerprint density at radius 2 is 2.04 bits per heavy atom. The van der Waals surface area contributed by atoms with E-state index in [0.29, 0.717) is 6.54 Å². The lowest BCUT2D eigenvalue weighted by atomic mass is 9.99. The van der Waals surface area contributed by atoms with Crippen LogP contribution in [-0.4, -0.2) is 55.1 Å². The molecule has 0 aliphatic carbocycles. The molecule has 1 fully saturated rings. The van der Waals surface area contributed by atoms with Crippen LogP contribution in [0.3, 0.4) is 0 Å². The molecule has 0 spiro atoms. The predicted molar refractivity (Wildman–Crippen MR) is 87.0 cm³/mol.